The first-order valence-electron chi connectivity index (χ1n) is 12.2. The summed E-state index contributed by atoms with van der Waals surface area (Å²) < 4.78 is 21.4. The number of piperidine rings is 1. The van der Waals surface area contributed by atoms with Gasteiger partial charge in [0.25, 0.3) is 0 Å². The number of carbonyl (C=O) groups is 1. The van der Waals surface area contributed by atoms with Crippen molar-refractivity contribution in [1.29, 1.82) is 0 Å². The summed E-state index contributed by atoms with van der Waals surface area (Å²) in [6, 6.07) is 18.9. The van der Waals surface area contributed by atoms with Crippen LogP contribution in [0.5, 0.6) is 0 Å². The summed E-state index contributed by atoms with van der Waals surface area (Å²) in [6.45, 7) is 12.9. The lowest BCUT2D eigenvalue weighted by atomic mass is 9.85. The van der Waals surface area contributed by atoms with Crippen LogP contribution in [0.1, 0.15) is 59.9 Å². The van der Waals surface area contributed by atoms with Crippen molar-refractivity contribution in [3.8, 4) is 11.1 Å². The van der Waals surface area contributed by atoms with Gasteiger partial charge in [-0.3, -0.25) is 0 Å². The number of hydrogen-bond donors (Lipinski definition) is 1. The van der Waals surface area contributed by atoms with Crippen LogP contribution in [0, 0.1) is 5.92 Å². The standard InChI is InChI=1S/C28H40N2O3S/c1-27(2,3)33-26(31)30-17-11-16-24(20-29-34(32)28(4,5)6)25(30)19-21-12-10-15-23(18-21)22-13-8-7-9-14-22/h7-10,12-15,18,24-25,29H,11,16-17,19-20H2,1-6H3/t24-,25?,34-/m1/s1. The van der Waals surface area contributed by atoms with Gasteiger partial charge < -0.3 is 9.64 Å². The second-order valence-corrected chi connectivity index (χ2v) is 13.2. The molecule has 1 saturated heterocycles. The lowest BCUT2D eigenvalue weighted by Gasteiger charge is -2.42. The van der Waals surface area contributed by atoms with Crippen LogP contribution in [0.3, 0.4) is 0 Å². The van der Waals surface area contributed by atoms with Crippen molar-refractivity contribution >= 4 is 17.1 Å². The van der Waals surface area contributed by atoms with Crippen molar-refractivity contribution in [2.24, 2.45) is 5.92 Å². The minimum Gasteiger partial charge on any atom is -0.444 e. The molecule has 1 aliphatic heterocycles. The number of carbonyl (C=O) groups excluding carboxylic acids is 1. The molecule has 1 N–H and O–H groups in total. The van der Waals surface area contributed by atoms with E-state index in [4.69, 9.17) is 4.74 Å². The monoisotopic (exact) mass is 484 g/mol. The van der Waals surface area contributed by atoms with E-state index in [1.54, 1.807) is 0 Å². The average Bonchev–Trinajstić information content (AvgIpc) is 2.77. The Morgan fingerprint density at radius 2 is 1.71 bits per heavy atom. The number of nitrogens with zero attached hydrogens (tertiary/aromatic N) is 1. The number of rotatable bonds is 6. The molecule has 0 bridgehead atoms. The van der Waals surface area contributed by atoms with Crippen LogP contribution in [0.15, 0.2) is 54.6 Å². The Kier molecular flexibility index (Phi) is 8.58. The van der Waals surface area contributed by atoms with Gasteiger partial charge in [0.15, 0.2) is 0 Å². The molecule has 34 heavy (non-hydrogen) atoms. The van der Waals surface area contributed by atoms with E-state index >= 15 is 0 Å². The van der Waals surface area contributed by atoms with Gasteiger partial charge in [0, 0.05) is 19.1 Å². The van der Waals surface area contributed by atoms with E-state index < -0.39 is 16.6 Å². The Hall–Kier alpha value is -2.18. The molecule has 186 valence electrons. The summed E-state index contributed by atoms with van der Waals surface area (Å²) in [4.78, 5) is 15.1. The maximum Gasteiger partial charge on any atom is 0.410 e. The second-order valence-electron chi connectivity index (χ2n) is 11.1. The Labute approximate surface area is 207 Å². The SMILES string of the molecule is CC(C)(C)OC(=O)N1CCC[C@H](CN[S@](=O)C(C)(C)C)C1Cc1cccc(-c2ccccc2)c1. The molecule has 1 fully saturated rings. The minimum atomic E-state index is -1.15. The molecule has 0 spiro atoms. The molecule has 0 radical (unpaired) electrons. The van der Waals surface area contributed by atoms with E-state index in [0.29, 0.717) is 13.1 Å². The molecule has 0 aromatic heterocycles. The molecule has 1 amide bonds. The molecule has 1 unspecified atom stereocenters. The first-order chi connectivity index (χ1) is 15.9. The number of hydrogen-bond acceptors (Lipinski definition) is 3. The molecule has 0 saturated carbocycles. The Balaban J connectivity index is 1.85. The summed E-state index contributed by atoms with van der Waals surface area (Å²) in [5.74, 6) is 0.188. The predicted molar refractivity (Wildman–Crippen MR) is 141 cm³/mol. The summed E-state index contributed by atoms with van der Waals surface area (Å²) >= 11 is 0. The quantitative estimate of drug-likeness (QED) is 0.550. The normalized spacial score (nSPS) is 20.1. The second kappa shape index (κ2) is 11.0. The molecular formula is C28H40N2O3S. The van der Waals surface area contributed by atoms with Crippen LogP contribution in [0.25, 0.3) is 11.1 Å². The van der Waals surface area contributed by atoms with Gasteiger partial charge in [-0.15, -0.1) is 0 Å². The van der Waals surface area contributed by atoms with Gasteiger partial charge in [-0.05, 0) is 83.4 Å². The number of ether oxygens (including phenoxy) is 1. The van der Waals surface area contributed by atoms with E-state index in [2.05, 4.69) is 41.1 Å². The molecular weight excluding hydrogens is 444 g/mol. The largest absolute Gasteiger partial charge is 0.444 e. The number of benzene rings is 2. The van der Waals surface area contributed by atoms with Crippen molar-refractivity contribution in [3.05, 3.63) is 60.2 Å². The number of nitrogens with one attached hydrogen (secondary N) is 1. The predicted octanol–water partition coefficient (Wildman–Crippen LogP) is 5.96. The molecule has 2 aromatic carbocycles. The van der Waals surface area contributed by atoms with Crippen LogP contribution >= 0.6 is 0 Å². The molecule has 6 heteroatoms. The Bertz CT molecular complexity index is 979. The van der Waals surface area contributed by atoms with E-state index in [1.807, 2.05) is 64.6 Å². The van der Waals surface area contributed by atoms with E-state index in [-0.39, 0.29) is 22.8 Å². The molecule has 0 aliphatic carbocycles. The maximum atomic E-state index is 13.2. The lowest BCUT2D eigenvalue weighted by molar-refractivity contribution is 0.000639. The molecule has 5 nitrogen and oxygen atoms in total. The highest BCUT2D eigenvalue weighted by Gasteiger charge is 2.37. The highest BCUT2D eigenvalue weighted by molar-refractivity contribution is 7.84. The fourth-order valence-corrected chi connectivity index (χ4v) is 5.15. The third-order valence-electron chi connectivity index (χ3n) is 6.06. The van der Waals surface area contributed by atoms with E-state index in [9.17, 15) is 9.00 Å². The highest BCUT2D eigenvalue weighted by Crippen LogP contribution is 2.30. The van der Waals surface area contributed by atoms with E-state index in [0.717, 1.165) is 19.3 Å². The van der Waals surface area contributed by atoms with Gasteiger partial charge in [0.1, 0.15) is 5.60 Å². The zero-order chi connectivity index (χ0) is 24.9. The van der Waals surface area contributed by atoms with Gasteiger partial charge in [-0.2, -0.15) is 0 Å². The molecule has 3 atom stereocenters. The van der Waals surface area contributed by atoms with Gasteiger partial charge in [0.2, 0.25) is 0 Å². The van der Waals surface area contributed by atoms with Gasteiger partial charge in [-0.25, -0.2) is 13.7 Å². The number of amides is 1. The fourth-order valence-electron chi connectivity index (χ4n) is 4.35. The molecule has 2 aromatic rings. The van der Waals surface area contributed by atoms with Crippen molar-refractivity contribution < 1.29 is 13.7 Å². The van der Waals surface area contributed by atoms with Crippen molar-refractivity contribution in [3.63, 3.8) is 0 Å². The van der Waals surface area contributed by atoms with Crippen LogP contribution < -0.4 is 4.72 Å². The van der Waals surface area contributed by atoms with Gasteiger partial charge in [0.05, 0.1) is 15.7 Å². The molecule has 1 heterocycles. The van der Waals surface area contributed by atoms with Crippen LogP contribution in [0.4, 0.5) is 4.79 Å². The first kappa shape index (κ1) is 26.4. The van der Waals surface area contributed by atoms with Crippen LogP contribution in [-0.4, -0.2) is 44.7 Å². The number of likely N-dealkylation sites (tertiary alicyclic amines) is 1. The van der Waals surface area contributed by atoms with Crippen LogP contribution in [-0.2, 0) is 22.1 Å². The third-order valence-corrected chi connectivity index (χ3v) is 7.60. The average molecular weight is 485 g/mol. The Morgan fingerprint density at radius 1 is 1.03 bits per heavy atom. The van der Waals surface area contributed by atoms with Crippen molar-refractivity contribution in [2.45, 2.75) is 77.2 Å². The topological polar surface area (TPSA) is 58.6 Å². The van der Waals surface area contributed by atoms with Gasteiger partial charge >= 0.3 is 6.09 Å². The maximum absolute atomic E-state index is 13.2. The minimum absolute atomic E-state index is 0.0286. The first-order valence-corrected chi connectivity index (χ1v) is 13.4. The smallest absolute Gasteiger partial charge is 0.410 e. The van der Waals surface area contributed by atoms with Crippen molar-refractivity contribution in [2.75, 3.05) is 13.1 Å². The molecule has 3 rings (SSSR count). The van der Waals surface area contributed by atoms with E-state index in [1.165, 1.54) is 16.7 Å². The Morgan fingerprint density at radius 3 is 2.35 bits per heavy atom. The zero-order valence-corrected chi connectivity index (χ0v) is 22.3. The van der Waals surface area contributed by atoms with Crippen molar-refractivity contribution in [1.82, 2.24) is 9.62 Å². The highest BCUT2D eigenvalue weighted by atomic mass is 32.2. The zero-order valence-electron chi connectivity index (χ0n) is 21.5. The summed E-state index contributed by atoms with van der Waals surface area (Å²) in [5.41, 5.74) is 2.98. The van der Waals surface area contributed by atoms with Gasteiger partial charge in [-0.1, -0.05) is 54.6 Å². The van der Waals surface area contributed by atoms with Crippen LogP contribution in [0.2, 0.25) is 0 Å². The fraction of sp³-hybridized carbons (Fsp3) is 0.536. The molecule has 1 aliphatic rings. The summed E-state index contributed by atoms with van der Waals surface area (Å²) in [7, 11) is -1.15. The third kappa shape index (κ3) is 7.41. The summed E-state index contributed by atoms with van der Waals surface area (Å²) in [6.07, 6.45) is 2.36. The lowest BCUT2D eigenvalue weighted by Crippen LogP contribution is -2.53. The summed E-state index contributed by atoms with van der Waals surface area (Å²) in [5, 5.41) is 0.